The predicted octanol–water partition coefficient (Wildman–Crippen LogP) is 18.3. The Balaban J connectivity index is 0.777. The Bertz CT molecular complexity index is 4690. The molecular formula is C69H42N4O. The van der Waals surface area contributed by atoms with Crippen LogP contribution >= 0.6 is 0 Å². The molecule has 0 spiro atoms. The lowest BCUT2D eigenvalue weighted by Gasteiger charge is -2.13. The lowest BCUT2D eigenvalue weighted by atomic mass is 9.91. The SMILES string of the molecule is c1ccc(-c2nc(-c3ccc4c(c3)oc3ccc(-c5cccc(-c6cccc(-c7ccc8c9ccccc9c9ccccc9c8c7)c6)c5)cc34)nc(-c3ccc4c(c3)c3ccccc3n4-c3ccccc3)n2)cc1. The zero-order valence-electron chi connectivity index (χ0n) is 39.9. The number of nitrogens with zero attached hydrogens (tertiary/aromatic N) is 4. The number of benzene rings is 12. The zero-order chi connectivity index (χ0) is 48.7. The van der Waals surface area contributed by atoms with Crippen LogP contribution in [-0.2, 0) is 0 Å². The molecule has 5 nitrogen and oxygen atoms in total. The summed E-state index contributed by atoms with van der Waals surface area (Å²) in [6.45, 7) is 0. The molecule has 15 aromatic rings. The minimum absolute atomic E-state index is 0.576. The Morgan fingerprint density at radius 2 is 0.649 bits per heavy atom. The Morgan fingerprint density at radius 3 is 1.30 bits per heavy atom. The van der Waals surface area contributed by atoms with Gasteiger partial charge in [0.1, 0.15) is 11.2 Å². The third kappa shape index (κ3) is 6.90. The van der Waals surface area contributed by atoms with Gasteiger partial charge in [-0.05, 0) is 145 Å². The van der Waals surface area contributed by atoms with Crippen molar-refractivity contribution < 1.29 is 4.42 Å². The van der Waals surface area contributed by atoms with E-state index in [1.54, 1.807) is 0 Å². The van der Waals surface area contributed by atoms with Gasteiger partial charge < -0.3 is 8.98 Å². The van der Waals surface area contributed by atoms with Crippen LogP contribution in [0.1, 0.15) is 0 Å². The fourth-order valence-corrected chi connectivity index (χ4v) is 11.3. The van der Waals surface area contributed by atoms with E-state index in [1.165, 1.54) is 54.4 Å². The highest BCUT2D eigenvalue weighted by atomic mass is 16.3. The second-order valence-electron chi connectivity index (χ2n) is 19.1. The van der Waals surface area contributed by atoms with Crippen molar-refractivity contribution in [2.24, 2.45) is 0 Å². The van der Waals surface area contributed by atoms with Crippen molar-refractivity contribution in [2.45, 2.75) is 0 Å². The summed E-state index contributed by atoms with van der Waals surface area (Å²) >= 11 is 0. The summed E-state index contributed by atoms with van der Waals surface area (Å²) in [5.41, 5.74) is 14.6. The Kier molecular flexibility index (Phi) is 9.50. The smallest absolute Gasteiger partial charge is 0.164 e. The van der Waals surface area contributed by atoms with Gasteiger partial charge in [-0.25, -0.2) is 15.0 Å². The van der Waals surface area contributed by atoms with Gasteiger partial charge in [0.15, 0.2) is 17.5 Å². The summed E-state index contributed by atoms with van der Waals surface area (Å²) in [5, 5.41) is 12.1. The standard InChI is InChI=1S/C69H42N4O/c1-3-15-43(16-4-1)67-70-68(50-31-35-64-61(41-50)58-27-11-12-28-63(58)73(64)52-21-5-2-6-22-52)72-69(71-67)51-30-34-59-62-40-49(32-36-65(62)74-66(59)42-51)47-20-14-18-45(38-47)44-17-13-19-46(37-44)48-29-33-57-55-25-8-7-23-53(55)54-24-9-10-26-56(54)60(57)39-48/h1-42H. The van der Waals surface area contributed by atoms with Crippen LogP contribution < -0.4 is 0 Å². The van der Waals surface area contributed by atoms with Crippen molar-refractivity contribution in [3.05, 3.63) is 255 Å². The first-order chi connectivity index (χ1) is 36.6. The lowest BCUT2D eigenvalue weighted by molar-refractivity contribution is 0.669. The molecule has 15 rings (SSSR count). The van der Waals surface area contributed by atoms with Gasteiger partial charge >= 0.3 is 0 Å². The van der Waals surface area contributed by atoms with Gasteiger partial charge in [0.2, 0.25) is 0 Å². The highest BCUT2D eigenvalue weighted by Gasteiger charge is 2.19. The molecule has 74 heavy (non-hydrogen) atoms. The quantitative estimate of drug-likeness (QED) is 0.149. The predicted molar refractivity (Wildman–Crippen MR) is 307 cm³/mol. The lowest BCUT2D eigenvalue weighted by Crippen LogP contribution is -2.00. The van der Waals surface area contributed by atoms with E-state index < -0.39 is 0 Å². The van der Waals surface area contributed by atoms with E-state index in [-0.39, 0.29) is 0 Å². The van der Waals surface area contributed by atoms with Crippen molar-refractivity contribution in [3.8, 4) is 73.2 Å². The molecule has 0 saturated carbocycles. The Labute approximate surface area is 425 Å². The molecule has 344 valence electrons. The number of hydrogen-bond donors (Lipinski definition) is 0. The van der Waals surface area contributed by atoms with Crippen LogP contribution in [0.5, 0.6) is 0 Å². The fourth-order valence-electron chi connectivity index (χ4n) is 11.3. The summed E-state index contributed by atoms with van der Waals surface area (Å²) < 4.78 is 8.93. The van der Waals surface area contributed by atoms with E-state index in [0.717, 1.165) is 77.4 Å². The number of hydrogen-bond acceptors (Lipinski definition) is 4. The normalized spacial score (nSPS) is 11.8. The molecule has 0 aliphatic rings. The van der Waals surface area contributed by atoms with E-state index in [0.29, 0.717) is 17.5 Å². The average molecular weight is 943 g/mol. The fraction of sp³-hybridized carbons (Fsp3) is 0. The molecule has 0 bridgehead atoms. The largest absolute Gasteiger partial charge is 0.456 e. The average Bonchev–Trinajstić information content (AvgIpc) is 4.03. The molecule has 0 amide bonds. The third-order valence-corrected chi connectivity index (χ3v) is 14.8. The van der Waals surface area contributed by atoms with Crippen LogP contribution in [-0.4, -0.2) is 19.5 Å². The maximum Gasteiger partial charge on any atom is 0.164 e. The third-order valence-electron chi connectivity index (χ3n) is 14.8. The molecule has 0 fully saturated rings. The minimum atomic E-state index is 0.576. The van der Waals surface area contributed by atoms with E-state index in [1.807, 2.05) is 30.3 Å². The Hall–Kier alpha value is -9.97. The van der Waals surface area contributed by atoms with Crippen LogP contribution in [0.3, 0.4) is 0 Å². The summed E-state index contributed by atoms with van der Waals surface area (Å²) in [6.07, 6.45) is 0. The van der Waals surface area contributed by atoms with E-state index in [2.05, 4.69) is 229 Å². The number of fused-ring (bicyclic) bond motifs is 12. The maximum absolute atomic E-state index is 6.61. The second kappa shape index (κ2) is 16.8. The van der Waals surface area contributed by atoms with Gasteiger partial charge in [0.25, 0.3) is 0 Å². The Morgan fingerprint density at radius 1 is 0.230 bits per heavy atom. The number of aromatic nitrogens is 4. The van der Waals surface area contributed by atoms with Crippen LogP contribution in [0.15, 0.2) is 259 Å². The van der Waals surface area contributed by atoms with Gasteiger partial charge in [0.05, 0.1) is 11.0 Å². The first kappa shape index (κ1) is 41.8. The van der Waals surface area contributed by atoms with E-state index in [4.69, 9.17) is 19.4 Å². The molecule has 0 aliphatic heterocycles. The van der Waals surface area contributed by atoms with Gasteiger partial charge in [-0.15, -0.1) is 0 Å². The molecule has 0 unspecified atom stereocenters. The topological polar surface area (TPSA) is 56.7 Å². The van der Waals surface area contributed by atoms with Crippen molar-refractivity contribution in [1.29, 1.82) is 0 Å². The summed E-state index contributed by atoms with van der Waals surface area (Å²) in [5.74, 6) is 1.79. The van der Waals surface area contributed by atoms with Crippen molar-refractivity contribution in [3.63, 3.8) is 0 Å². The van der Waals surface area contributed by atoms with Crippen molar-refractivity contribution in [2.75, 3.05) is 0 Å². The van der Waals surface area contributed by atoms with Crippen LogP contribution in [0.2, 0.25) is 0 Å². The van der Waals surface area contributed by atoms with Crippen LogP contribution in [0.4, 0.5) is 0 Å². The van der Waals surface area contributed by atoms with Gasteiger partial charge in [-0.2, -0.15) is 0 Å². The number of furan rings is 1. The minimum Gasteiger partial charge on any atom is -0.456 e. The van der Waals surface area contributed by atoms with Gasteiger partial charge in [-0.3, -0.25) is 0 Å². The number of rotatable bonds is 7. The molecular weight excluding hydrogens is 901 g/mol. The zero-order valence-corrected chi connectivity index (χ0v) is 39.9. The summed E-state index contributed by atoms with van der Waals surface area (Å²) in [4.78, 5) is 15.4. The van der Waals surface area contributed by atoms with E-state index in [9.17, 15) is 0 Å². The molecule has 3 aromatic heterocycles. The highest BCUT2D eigenvalue weighted by Crippen LogP contribution is 2.40. The van der Waals surface area contributed by atoms with E-state index >= 15 is 0 Å². The number of para-hydroxylation sites is 2. The molecule has 12 aromatic carbocycles. The van der Waals surface area contributed by atoms with Crippen molar-refractivity contribution in [1.82, 2.24) is 19.5 Å². The monoisotopic (exact) mass is 942 g/mol. The van der Waals surface area contributed by atoms with Crippen LogP contribution in [0, 0.1) is 0 Å². The van der Waals surface area contributed by atoms with Gasteiger partial charge in [0, 0.05) is 43.9 Å². The van der Waals surface area contributed by atoms with Gasteiger partial charge in [-0.1, -0.05) is 176 Å². The second-order valence-corrected chi connectivity index (χ2v) is 19.1. The molecule has 0 atom stereocenters. The molecule has 5 heteroatoms. The molecule has 0 aliphatic carbocycles. The molecule has 0 N–H and O–H groups in total. The van der Waals surface area contributed by atoms with Crippen molar-refractivity contribution >= 4 is 76.1 Å². The maximum atomic E-state index is 6.61. The first-order valence-corrected chi connectivity index (χ1v) is 25.1. The first-order valence-electron chi connectivity index (χ1n) is 25.1. The van der Waals surface area contributed by atoms with Crippen LogP contribution in [0.25, 0.3) is 149 Å². The molecule has 3 heterocycles. The summed E-state index contributed by atoms with van der Waals surface area (Å²) in [7, 11) is 0. The summed E-state index contributed by atoms with van der Waals surface area (Å²) in [6, 6.07) is 90.7. The molecule has 0 saturated heterocycles. The molecule has 0 radical (unpaired) electrons. The highest BCUT2D eigenvalue weighted by molar-refractivity contribution is 6.25.